The fourth-order valence-corrected chi connectivity index (χ4v) is 4.01. The van der Waals surface area contributed by atoms with E-state index in [1.165, 1.54) is 0 Å². The van der Waals surface area contributed by atoms with Crippen LogP contribution in [0.3, 0.4) is 0 Å². The Morgan fingerprint density at radius 2 is 2.35 bits per heavy atom. The molecule has 0 aromatic carbocycles. The molecule has 1 aromatic heterocycles. The summed E-state index contributed by atoms with van der Waals surface area (Å²) in [5.41, 5.74) is 0.842. The fraction of sp³-hybridized carbons (Fsp3) is 0.733. The maximum atomic E-state index is 11.6. The summed E-state index contributed by atoms with van der Waals surface area (Å²) in [6.07, 6.45) is 4.14. The second-order valence-electron chi connectivity index (χ2n) is 6.29. The van der Waals surface area contributed by atoms with E-state index in [1.54, 1.807) is 11.3 Å². The lowest BCUT2D eigenvalue weighted by molar-refractivity contribution is -0.151. The van der Waals surface area contributed by atoms with Crippen LogP contribution in [-0.4, -0.2) is 33.5 Å². The Morgan fingerprint density at radius 3 is 3.00 bits per heavy atom. The van der Waals surface area contributed by atoms with Gasteiger partial charge in [-0.2, -0.15) is 0 Å². The number of aryl methyl sites for hydroxylation is 1. The van der Waals surface area contributed by atoms with Crippen LogP contribution >= 0.6 is 11.3 Å². The molecule has 1 fully saturated rings. The molecule has 0 radical (unpaired) electrons. The largest absolute Gasteiger partial charge is 0.480 e. The summed E-state index contributed by atoms with van der Waals surface area (Å²) < 4.78 is 0. The van der Waals surface area contributed by atoms with E-state index in [4.69, 9.17) is 0 Å². The van der Waals surface area contributed by atoms with Crippen LogP contribution in [0, 0.1) is 5.41 Å². The minimum absolute atomic E-state index is 0.174. The van der Waals surface area contributed by atoms with Crippen molar-refractivity contribution in [1.82, 2.24) is 9.88 Å². The first-order valence-corrected chi connectivity index (χ1v) is 8.22. The van der Waals surface area contributed by atoms with Crippen molar-refractivity contribution in [3.8, 4) is 0 Å². The lowest BCUT2D eigenvalue weighted by Crippen LogP contribution is -2.53. The zero-order valence-electron chi connectivity index (χ0n) is 12.6. The van der Waals surface area contributed by atoms with Crippen LogP contribution in [-0.2, 0) is 17.8 Å². The van der Waals surface area contributed by atoms with Crippen molar-refractivity contribution in [2.24, 2.45) is 5.41 Å². The van der Waals surface area contributed by atoms with Crippen LogP contribution in [0.25, 0.3) is 0 Å². The van der Waals surface area contributed by atoms with Crippen LogP contribution < -0.4 is 0 Å². The molecule has 0 spiro atoms. The number of aliphatic carboxylic acids is 1. The van der Waals surface area contributed by atoms with Crippen molar-refractivity contribution in [1.29, 1.82) is 0 Å². The zero-order valence-corrected chi connectivity index (χ0v) is 13.4. The zero-order chi connectivity index (χ0) is 14.8. The Balaban J connectivity index is 2.11. The summed E-state index contributed by atoms with van der Waals surface area (Å²) in [4.78, 5) is 18.3. The van der Waals surface area contributed by atoms with E-state index in [0.717, 1.165) is 42.9 Å². The Hall–Kier alpha value is -0.940. The average molecular weight is 296 g/mol. The number of carbonyl (C=O) groups is 1. The third kappa shape index (κ3) is 3.38. The van der Waals surface area contributed by atoms with Gasteiger partial charge < -0.3 is 5.11 Å². The molecule has 2 heterocycles. The number of nitrogens with zero attached hydrogens (tertiary/aromatic N) is 2. The second-order valence-corrected chi connectivity index (χ2v) is 7.23. The number of rotatable bonds is 5. The molecule has 0 aliphatic carbocycles. The van der Waals surface area contributed by atoms with Gasteiger partial charge in [0.25, 0.3) is 0 Å². The molecule has 1 aliphatic rings. The number of carboxylic acid groups (broad SMARTS) is 1. The highest BCUT2D eigenvalue weighted by molar-refractivity contribution is 7.09. The molecule has 0 bridgehead atoms. The smallest absolute Gasteiger partial charge is 0.321 e. The van der Waals surface area contributed by atoms with Crippen molar-refractivity contribution in [2.45, 2.75) is 59.0 Å². The van der Waals surface area contributed by atoms with Crippen LogP contribution in [0.2, 0.25) is 0 Å². The van der Waals surface area contributed by atoms with Crippen LogP contribution in [0.5, 0.6) is 0 Å². The normalized spacial score (nSPS) is 22.9. The molecule has 1 unspecified atom stereocenters. The maximum Gasteiger partial charge on any atom is 0.321 e. The quantitative estimate of drug-likeness (QED) is 0.906. The number of hydrogen-bond donors (Lipinski definition) is 1. The summed E-state index contributed by atoms with van der Waals surface area (Å²) in [6, 6.07) is -0.410. The highest BCUT2D eigenvalue weighted by Crippen LogP contribution is 2.36. The number of carboxylic acids is 1. The van der Waals surface area contributed by atoms with Gasteiger partial charge in [-0.3, -0.25) is 9.69 Å². The first-order valence-electron chi connectivity index (χ1n) is 7.34. The number of aromatic nitrogens is 1. The Bertz CT molecular complexity index is 470. The molecule has 1 aromatic rings. The molecule has 1 N–H and O–H groups in total. The summed E-state index contributed by atoms with van der Waals surface area (Å²) in [5.74, 6) is -0.710. The SMILES string of the molecule is CCCc1nc(CN2CCCC(C)(C)C2C(=O)O)cs1. The predicted molar refractivity (Wildman–Crippen MR) is 81.0 cm³/mol. The van der Waals surface area contributed by atoms with E-state index >= 15 is 0 Å². The van der Waals surface area contributed by atoms with Gasteiger partial charge in [-0.1, -0.05) is 20.8 Å². The molecule has 1 atom stereocenters. The van der Waals surface area contributed by atoms with Gasteiger partial charge in [-0.05, 0) is 37.6 Å². The van der Waals surface area contributed by atoms with E-state index in [2.05, 4.69) is 36.0 Å². The third-order valence-corrected chi connectivity index (χ3v) is 4.99. The van der Waals surface area contributed by atoms with Gasteiger partial charge >= 0.3 is 5.97 Å². The molecule has 4 nitrogen and oxygen atoms in total. The van der Waals surface area contributed by atoms with Gasteiger partial charge in [0.05, 0.1) is 10.7 Å². The Morgan fingerprint density at radius 1 is 1.60 bits per heavy atom. The molecule has 112 valence electrons. The predicted octanol–water partition coefficient (Wildman–Crippen LogP) is 3.17. The minimum atomic E-state index is -0.710. The van der Waals surface area contributed by atoms with Crippen molar-refractivity contribution < 1.29 is 9.90 Å². The van der Waals surface area contributed by atoms with E-state index in [1.807, 2.05) is 0 Å². The van der Waals surface area contributed by atoms with Crippen molar-refractivity contribution in [3.05, 3.63) is 16.1 Å². The van der Waals surface area contributed by atoms with Gasteiger partial charge in [-0.25, -0.2) is 4.98 Å². The topological polar surface area (TPSA) is 53.4 Å². The first kappa shape index (κ1) is 15.4. The van der Waals surface area contributed by atoms with E-state index in [9.17, 15) is 9.90 Å². The first-order chi connectivity index (χ1) is 9.44. The Labute approximate surface area is 124 Å². The van der Waals surface area contributed by atoms with Crippen molar-refractivity contribution in [2.75, 3.05) is 6.54 Å². The fourth-order valence-electron chi connectivity index (χ4n) is 3.12. The van der Waals surface area contributed by atoms with Gasteiger partial charge in [0.15, 0.2) is 0 Å². The number of thiazole rings is 1. The average Bonchev–Trinajstić information content (AvgIpc) is 2.75. The van der Waals surface area contributed by atoms with Crippen molar-refractivity contribution in [3.63, 3.8) is 0 Å². The summed E-state index contributed by atoms with van der Waals surface area (Å²) in [5, 5.41) is 12.8. The van der Waals surface area contributed by atoms with Gasteiger partial charge in [0.2, 0.25) is 0 Å². The lowest BCUT2D eigenvalue weighted by Gasteiger charge is -2.43. The third-order valence-electron chi connectivity index (χ3n) is 4.03. The van der Waals surface area contributed by atoms with E-state index < -0.39 is 12.0 Å². The van der Waals surface area contributed by atoms with Gasteiger partial charge in [0.1, 0.15) is 6.04 Å². The van der Waals surface area contributed by atoms with E-state index in [0.29, 0.717) is 6.54 Å². The minimum Gasteiger partial charge on any atom is -0.480 e. The lowest BCUT2D eigenvalue weighted by atomic mass is 9.76. The summed E-state index contributed by atoms with van der Waals surface area (Å²) in [6.45, 7) is 7.76. The molecular formula is C15H24N2O2S. The summed E-state index contributed by atoms with van der Waals surface area (Å²) in [7, 11) is 0. The number of piperidine rings is 1. The maximum absolute atomic E-state index is 11.6. The molecular weight excluding hydrogens is 272 g/mol. The number of hydrogen-bond acceptors (Lipinski definition) is 4. The standard InChI is InChI=1S/C15H24N2O2S/c1-4-6-12-16-11(10-20-12)9-17-8-5-7-15(2,3)13(17)14(18)19/h10,13H,4-9H2,1-3H3,(H,18,19). The molecule has 0 saturated carbocycles. The number of likely N-dealkylation sites (tertiary alicyclic amines) is 1. The van der Waals surface area contributed by atoms with Crippen molar-refractivity contribution >= 4 is 17.3 Å². The van der Waals surface area contributed by atoms with Crippen LogP contribution in [0.4, 0.5) is 0 Å². The second kappa shape index (κ2) is 6.22. The molecule has 1 aliphatic heterocycles. The molecule has 2 rings (SSSR count). The molecule has 20 heavy (non-hydrogen) atoms. The monoisotopic (exact) mass is 296 g/mol. The molecule has 5 heteroatoms. The van der Waals surface area contributed by atoms with Gasteiger partial charge in [-0.15, -0.1) is 11.3 Å². The summed E-state index contributed by atoms with van der Waals surface area (Å²) >= 11 is 1.69. The Kier molecular flexibility index (Phi) is 4.81. The highest BCUT2D eigenvalue weighted by atomic mass is 32.1. The van der Waals surface area contributed by atoms with Crippen LogP contribution in [0.1, 0.15) is 50.7 Å². The highest BCUT2D eigenvalue weighted by Gasteiger charge is 2.42. The van der Waals surface area contributed by atoms with E-state index in [-0.39, 0.29) is 5.41 Å². The molecule has 0 amide bonds. The molecule has 1 saturated heterocycles. The van der Waals surface area contributed by atoms with Gasteiger partial charge in [0, 0.05) is 11.9 Å². The van der Waals surface area contributed by atoms with Crippen LogP contribution in [0.15, 0.2) is 5.38 Å².